The fourth-order valence-corrected chi connectivity index (χ4v) is 4.24. The quantitative estimate of drug-likeness (QED) is 0.568. The van der Waals surface area contributed by atoms with Gasteiger partial charge in [0.25, 0.3) is 0 Å². The number of hydrogen-bond donors (Lipinski definition) is 0. The average molecular weight is 447 g/mol. The summed E-state index contributed by atoms with van der Waals surface area (Å²) in [6.07, 6.45) is -0.371. The molecule has 1 aromatic carbocycles. The summed E-state index contributed by atoms with van der Waals surface area (Å²) in [5.74, 6) is -8.54. The number of carbonyl (C=O) groups is 1. The van der Waals surface area contributed by atoms with Gasteiger partial charge in [0.05, 0.1) is 27.6 Å². The van der Waals surface area contributed by atoms with Crippen molar-refractivity contribution in [2.75, 3.05) is 0 Å². The Balaban J connectivity index is 2.12. The lowest BCUT2D eigenvalue weighted by Gasteiger charge is -2.18. The Bertz CT molecular complexity index is 1210. The Morgan fingerprint density at radius 2 is 1.77 bits per heavy atom. The molecule has 2 aromatic heterocycles. The van der Waals surface area contributed by atoms with Gasteiger partial charge in [0.2, 0.25) is 0 Å². The van der Waals surface area contributed by atoms with E-state index in [1.807, 2.05) is 0 Å². The number of nitrogens with zero attached hydrogens (tertiary/aromatic N) is 5. The van der Waals surface area contributed by atoms with Crippen molar-refractivity contribution in [2.24, 2.45) is 4.36 Å². The van der Waals surface area contributed by atoms with Crippen LogP contribution in [0.2, 0.25) is 0 Å². The van der Waals surface area contributed by atoms with Gasteiger partial charge in [0, 0.05) is 21.7 Å². The number of aromatic nitrogens is 4. The first-order valence-electron chi connectivity index (χ1n) is 8.36. The van der Waals surface area contributed by atoms with Crippen molar-refractivity contribution in [3.8, 4) is 5.69 Å². The minimum absolute atomic E-state index is 0.166. The molecule has 30 heavy (non-hydrogen) atoms. The molecule has 0 spiro atoms. The van der Waals surface area contributed by atoms with Crippen molar-refractivity contribution in [3.05, 3.63) is 43.1 Å². The highest BCUT2D eigenvalue weighted by Crippen LogP contribution is 2.37. The van der Waals surface area contributed by atoms with Gasteiger partial charge in [-0.15, -0.1) is 0 Å². The number of carbonyl (C=O) groups excluding carboxylic acids is 1. The van der Waals surface area contributed by atoms with E-state index in [-0.39, 0.29) is 4.90 Å². The molecule has 0 aliphatic heterocycles. The highest BCUT2D eigenvalue weighted by molar-refractivity contribution is 7.94. The third kappa shape index (κ3) is 3.76. The van der Waals surface area contributed by atoms with Crippen molar-refractivity contribution < 1.29 is 31.0 Å². The molecule has 1 unspecified atom stereocenters. The molecule has 13 heteroatoms. The lowest BCUT2D eigenvalue weighted by atomic mass is 10.3. The Morgan fingerprint density at radius 1 is 1.13 bits per heavy atom. The van der Waals surface area contributed by atoms with Crippen LogP contribution in [0, 0.1) is 0 Å². The number of alkyl halides is 5. The van der Waals surface area contributed by atoms with Gasteiger partial charge in [0.1, 0.15) is 12.0 Å². The number of benzene rings is 1. The maximum absolute atomic E-state index is 13.4. The standard InChI is InChI=1S/C17H14F5N5O2S/c1-10(2)30(29,26-15(28)16(18,19)17(20,21)22)13-3-4-14-11(5-13)8-27(25-14)12-6-23-9-24-7-12/h3-10H,1-2H3. The van der Waals surface area contributed by atoms with Gasteiger partial charge in [0.15, 0.2) is 0 Å². The molecule has 0 saturated heterocycles. The summed E-state index contributed by atoms with van der Waals surface area (Å²) in [6, 6.07) is 3.91. The second-order valence-corrected chi connectivity index (χ2v) is 9.21. The molecule has 0 N–H and O–H groups in total. The van der Waals surface area contributed by atoms with Crippen molar-refractivity contribution in [3.63, 3.8) is 0 Å². The smallest absolute Gasteiger partial charge is 0.264 e. The summed E-state index contributed by atoms with van der Waals surface area (Å²) in [6.45, 7) is 2.61. The SMILES string of the molecule is CC(C)S(=O)(=NC(=O)C(F)(F)C(F)(F)F)c1ccc2nn(-c3cncnc3)cc2c1. The van der Waals surface area contributed by atoms with Gasteiger partial charge < -0.3 is 0 Å². The van der Waals surface area contributed by atoms with Crippen LogP contribution in [0.1, 0.15) is 13.8 Å². The monoisotopic (exact) mass is 447 g/mol. The van der Waals surface area contributed by atoms with Gasteiger partial charge >= 0.3 is 18.0 Å². The van der Waals surface area contributed by atoms with E-state index in [9.17, 15) is 31.0 Å². The molecule has 0 bridgehead atoms. The van der Waals surface area contributed by atoms with Gasteiger partial charge in [-0.05, 0) is 32.0 Å². The molecule has 0 aliphatic rings. The molecule has 3 aromatic rings. The molecule has 1 atom stereocenters. The topological polar surface area (TPSA) is 90.1 Å². The summed E-state index contributed by atoms with van der Waals surface area (Å²) in [7, 11) is -3.94. The van der Waals surface area contributed by atoms with Crippen LogP contribution in [0.15, 0.2) is 52.4 Å². The van der Waals surface area contributed by atoms with Crippen molar-refractivity contribution in [1.82, 2.24) is 19.7 Å². The summed E-state index contributed by atoms with van der Waals surface area (Å²) in [4.78, 5) is 19.2. The number of amides is 1. The normalized spacial score (nSPS) is 14.7. The van der Waals surface area contributed by atoms with Gasteiger partial charge in [-0.25, -0.2) is 18.9 Å². The lowest BCUT2D eigenvalue weighted by molar-refractivity contribution is -0.268. The average Bonchev–Trinajstić information content (AvgIpc) is 3.10. The highest BCUT2D eigenvalue weighted by atomic mass is 32.2. The van der Waals surface area contributed by atoms with E-state index in [4.69, 9.17) is 0 Å². The first-order chi connectivity index (χ1) is 13.9. The minimum atomic E-state index is -6.15. The second kappa shape index (κ2) is 7.38. The molecule has 0 fully saturated rings. The van der Waals surface area contributed by atoms with Crippen molar-refractivity contribution >= 4 is 26.5 Å². The van der Waals surface area contributed by atoms with Crippen molar-refractivity contribution in [1.29, 1.82) is 0 Å². The van der Waals surface area contributed by atoms with E-state index >= 15 is 0 Å². The highest BCUT2D eigenvalue weighted by Gasteiger charge is 2.64. The van der Waals surface area contributed by atoms with Gasteiger partial charge in [-0.2, -0.15) is 31.4 Å². The van der Waals surface area contributed by atoms with Crippen LogP contribution in [-0.4, -0.2) is 47.2 Å². The predicted molar refractivity (Wildman–Crippen MR) is 96.6 cm³/mol. The van der Waals surface area contributed by atoms with Crippen LogP contribution in [0.5, 0.6) is 0 Å². The van der Waals surface area contributed by atoms with Crippen molar-refractivity contribution in [2.45, 2.75) is 36.1 Å². The molecule has 0 aliphatic carbocycles. The Morgan fingerprint density at radius 3 is 2.33 bits per heavy atom. The minimum Gasteiger partial charge on any atom is -0.264 e. The lowest BCUT2D eigenvalue weighted by Crippen LogP contribution is -2.43. The zero-order chi connectivity index (χ0) is 22.3. The maximum Gasteiger partial charge on any atom is 0.463 e. The van der Waals surface area contributed by atoms with Crippen LogP contribution >= 0.6 is 0 Å². The first-order valence-corrected chi connectivity index (χ1v) is 9.94. The van der Waals surface area contributed by atoms with Crippen LogP contribution in [0.3, 0.4) is 0 Å². The van der Waals surface area contributed by atoms with Gasteiger partial charge in [-0.1, -0.05) is 0 Å². The number of rotatable bonds is 4. The molecular weight excluding hydrogens is 433 g/mol. The Labute approximate surface area is 167 Å². The van der Waals surface area contributed by atoms with Crippen LogP contribution in [-0.2, 0) is 14.5 Å². The maximum atomic E-state index is 13.4. The summed E-state index contributed by atoms with van der Waals surface area (Å²) < 4.78 is 81.7. The fourth-order valence-electron chi connectivity index (χ4n) is 2.46. The molecule has 160 valence electrons. The molecule has 1 amide bonds. The summed E-state index contributed by atoms with van der Waals surface area (Å²) in [5.41, 5.74) is 0.921. The Kier molecular flexibility index (Phi) is 5.35. The Hall–Kier alpha value is -2.96. The molecule has 0 saturated carbocycles. The van der Waals surface area contributed by atoms with E-state index in [1.165, 1.54) is 61.6 Å². The molecule has 7 nitrogen and oxygen atoms in total. The fraction of sp³-hybridized carbons (Fsp3) is 0.294. The number of fused-ring (bicyclic) bond motifs is 1. The summed E-state index contributed by atoms with van der Waals surface area (Å²) >= 11 is 0. The number of halogens is 5. The third-order valence-electron chi connectivity index (χ3n) is 4.11. The second-order valence-electron chi connectivity index (χ2n) is 6.48. The molecule has 3 rings (SSSR count). The van der Waals surface area contributed by atoms with E-state index in [2.05, 4.69) is 19.4 Å². The van der Waals surface area contributed by atoms with Crippen LogP contribution in [0.25, 0.3) is 16.6 Å². The largest absolute Gasteiger partial charge is 0.463 e. The van der Waals surface area contributed by atoms with Gasteiger partial charge in [-0.3, -0.25) is 4.79 Å². The molecular formula is C17H14F5N5O2S. The van der Waals surface area contributed by atoms with Crippen LogP contribution in [0.4, 0.5) is 22.0 Å². The first kappa shape index (κ1) is 21.7. The summed E-state index contributed by atoms with van der Waals surface area (Å²) in [5, 5.41) is 3.63. The molecule has 0 radical (unpaired) electrons. The van der Waals surface area contributed by atoms with E-state index in [0.717, 1.165) is 0 Å². The van der Waals surface area contributed by atoms with E-state index in [1.54, 1.807) is 0 Å². The predicted octanol–water partition coefficient (Wildman–Crippen LogP) is 3.78. The zero-order valence-corrected chi connectivity index (χ0v) is 16.3. The number of hydrogen-bond acceptors (Lipinski definition) is 5. The van der Waals surface area contributed by atoms with Crippen LogP contribution < -0.4 is 0 Å². The zero-order valence-electron chi connectivity index (χ0n) is 15.5. The van der Waals surface area contributed by atoms with E-state index in [0.29, 0.717) is 16.6 Å². The third-order valence-corrected chi connectivity index (χ3v) is 6.75. The van der Waals surface area contributed by atoms with E-state index < -0.39 is 33.0 Å². The molecule has 2 heterocycles.